The Labute approximate surface area is 125 Å². The smallest absolute Gasteiger partial charge is 0.341 e. The Kier molecular flexibility index (Phi) is 3.58. The van der Waals surface area contributed by atoms with E-state index >= 15 is 0 Å². The van der Waals surface area contributed by atoms with Gasteiger partial charge in [0.2, 0.25) is 5.43 Å². The van der Waals surface area contributed by atoms with Gasteiger partial charge in [0.15, 0.2) is 0 Å². The molecule has 22 heavy (non-hydrogen) atoms. The van der Waals surface area contributed by atoms with Crippen molar-refractivity contribution in [2.24, 2.45) is 11.7 Å². The maximum absolute atomic E-state index is 14.3. The Hall–Kier alpha value is -2.41. The lowest BCUT2D eigenvalue weighted by Crippen LogP contribution is -2.24. The van der Waals surface area contributed by atoms with Gasteiger partial charge in [-0.3, -0.25) is 4.79 Å². The van der Waals surface area contributed by atoms with Crippen LogP contribution in [0.2, 0.25) is 0 Å². The van der Waals surface area contributed by atoms with Crippen LogP contribution in [0.4, 0.5) is 10.1 Å². The summed E-state index contributed by atoms with van der Waals surface area (Å²) in [5.41, 5.74) is 5.38. The molecule has 0 saturated carbocycles. The molecule has 0 spiro atoms. The Morgan fingerprint density at radius 2 is 2.27 bits per heavy atom. The molecule has 0 bridgehead atoms. The molecule has 4 N–H and O–H groups in total. The monoisotopic (exact) mass is 305 g/mol. The van der Waals surface area contributed by atoms with Crippen molar-refractivity contribution in [3.8, 4) is 0 Å². The lowest BCUT2D eigenvalue weighted by molar-refractivity contribution is 0.0695. The van der Waals surface area contributed by atoms with E-state index in [1.54, 1.807) is 6.07 Å². The number of carboxylic acids is 1. The molecule has 0 aliphatic carbocycles. The van der Waals surface area contributed by atoms with Crippen LogP contribution in [0.1, 0.15) is 16.8 Å². The summed E-state index contributed by atoms with van der Waals surface area (Å²) in [6, 6.07) is 2.66. The highest BCUT2D eigenvalue weighted by Gasteiger charge is 2.24. The van der Waals surface area contributed by atoms with Gasteiger partial charge in [-0.25, -0.2) is 9.18 Å². The fourth-order valence-electron chi connectivity index (χ4n) is 2.87. The summed E-state index contributed by atoms with van der Waals surface area (Å²) in [7, 11) is 0. The molecular formula is C15H16FN3O3. The molecule has 2 aromatic rings. The van der Waals surface area contributed by atoms with E-state index in [0.29, 0.717) is 36.8 Å². The fraction of sp³-hybridized carbons (Fsp3) is 0.333. The molecule has 1 aliphatic heterocycles. The van der Waals surface area contributed by atoms with Crippen molar-refractivity contribution in [1.82, 2.24) is 4.98 Å². The second kappa shape index (κ2) is 5.42. The lowest BCUT2D eigenvalue weighted by Gasteiger charge is -2.19. The van der Waals surface area contributed by atoms with Crippen molar-refractivity contribution in [2.75, 3.05) is 24.5 Å². The maximum atomic E-state index is 14.3. The van der Waals surface area contributed by atoms with Gasteiger partial charge in [0.1, 0.15) is 11.4 Å². The molecule has 1 aromatic heterocycles. The predicted molar refractivity (Wildman–Crippen MR) is 80.9 cm³/mol. The molecule has 0 radical (unpaired) electrons. The number of aromatic nitrogens is 1. The third-order valence-corrected chi connectivity index (χ3v) is 4.14. The van der Waals surface area contributed by atoms with Crippen LogP contribution in [-0.2, 0) is 0 Å². The topological polar surface area (TPSA) is 99.4 Å². The fourth-order valence-corrected chi connectivity index (χ4v) is 2.87. The summed E-state index contributed by atoms with van der Waals surface area (Å²) in [5.74, 6) is -1.53. The molecule has 2 heterocycles. The minimum absolute atomic E-state index is 0.0377. The van der Waals surface area contributed by atoms with Crippen molar-refractivity contribution in [2.45, 2.75) is 6.42 Å². The number of aromatic amines is 1. The normalized spacial score (nSPS) is 18.1. The van der Waals surface area contributed by atoms with Gasteiger partial charge in [0, 0.05) is 24.7 Å². The third kappa shape index (κ3) is 2.33. The molecule has 7 heteroatoms. The molecule has 0 amide bonds. The number of fused-ring (bicyclic) bond motifs is 1. The van der Waals surface area contributed by atoms with Crippen molar-refractivity contribution < 1.29 is 14.3 Å². The number of carboxylic acid groups (broad SMARTS) is 1. The molecule has 1 aliphatic rings. The Balaban J connectivity index is 2.08. The van der Waals surface area contributed by atoms with Gasteiger partial charge in [-0.15, -0.1) is 0 Å². The minimum atomic E-state index is -1.34. The first-order chi connectivity index (χ1) is 10.5. The van der Waals surface area contributed by atoms with E-state index in [-0.39, 0.29) is 5.39 Å². The lowest BCUT2D eigenvalue weighted by atomic mass is 10.1. The van der Waals surface area contributed by atoms with Gasteiger partial charge >= 0.3 is 5.97 Å². The Morgan fingerprint density at radius 1 is 1.50 bits per heavy atom. The summed E-state index contributed by atoms with van der Waals surface area (Å²) in [6.07, 6.45) is 2.05. The van der Waals surface area contributed by atoms with E-state index in [1.807, 2.05) is 4.90 Å². The van der Waals surface area contributed by atoms with Crippen LogP contribution in [0.25, 0.3) is 10.9 Å². The van der Waals surface area contributed by atoms with Crippen LogP contribution < -0.4 is 16.1 Å². The van der Waals surface area contributed by atoms with E-state index in [4.69, 9.17) is 10.8 Å². The number of aromatic carboxylic acids is 1. The van der Waals surface area contributed by atoms with Gasteiger partial charge in [0.25, 0.3) is 0 Å². The molecule has 116 valence electrons. The SMILES string of the molecule is NCC1CCN(c2cc3[nH]cc(C(=O)O)c(=O)c3cc2F)C1. The predicted octanol–water partition coefficient (Wildman–Crippen LogP) is 1.15. The molecule has 1 saturated heterocycles. The maximum Gasteiger partial charge on any atom is 0.341 e. The number of pyridine rings is 1. The molecule has 1 atom stereocenters. The number of H-pyrrole nitrogens is 1. The van der Waals surface area contributed by atoms with Crippen molar-refractivity contribution in [3.63, 3.8) is 0 Å². The summed E-state index contributed by atoms with van der Waals surface area (Å²) in [4.78, 5) is 27.7. The zero-order chi connectivity index (χ0) is 15.9. The van der Waals surface area contributed by atoms with Gasteiger partial charge in [-0.1, -0.05) is 0 Å². The van der Waals surface area contributed by atoms with Crippen LogP contribution in [-0.4, -0.2) is 35.7 Å². The molecule has 1 fully saturated rings. The molecule has 6 nitrogen and oxygen atoms in total. The summed E-state index contributed by atoms with van der Waals surface area (Å²) in [5, 5.41) is 8.98. The summed E-state index contributed by atoms with van der Waals surface area (Å²) in [6.45, 7) is 1.95. The minimum Gasteiger partial charge on any atom is -0.477 e. The first-order valence-electron chi connectivity index (χ1n) is 7.04. The zero-order valence-corrected chi connectivity index (χ0v) is 11.8. The molecule has 3 rings (SSSR count). The van der Waals surface area contributed by atoms with E-state index < -0.39 is 22.8 Å². The summed E-state index contributed by atoms with van der Waals surface area (Å²) >= 11 is 0. The van der Waals surface area contributed by atoms with Gasteiger partial charge < -0.3 is 20.7 Å². The number of benzene rings is 1. The average molecular weight is 305 g/mol. The van der Waals surface area contributed by atoms with Crippen LogP contribution in [0.5, 0.6) is 0 Å². The number of carbonyl (C=O) groups is 1. The van der Waals surface area contributed by atoms with E-state index in [2.05, 4.69) is 4.98 Å². The van der Waals surface area contributed by atoms with E-state index in [1.165, 1.54) is 0 Å². The van der Waals surface area contributed by atoms with Crippen LogP contribution >= 0.6 is 0 Å². The number of nitrogens with one attached hydrogen (secondary N) is 1. The second-order valence-corrected chi connectivity index (χ2v) is 5.52. The highest BCUT2D eigenvalue weighted by atomic mass is 19.1. The number of halogens is 1. The van der Waals surface area contributed by atoms with Crippen LogP contribution in [0, 0.1) is 11.7 Å². The highest BCUT2D eigenvalue weighted by Crippen LogP contribution is 2.28. The standard InChI is InChI=1S/C15H16FN3O3/c16-11-3-9-12(18-6-10(14(9)20)15(21)22)4-13(11)19-2-1-8(5-17)7-19/h3-4,6,8H,1-2,5,7,17H2,(H,18,20)(H,21,22). The number of nitrogens with zero attached hydrogens (tertiary/aromatic N) is 1. The molecule has 1 unspecified atom stereocenters. The van der Waals surface area contributed by atoms with Crippen molar-refractivity contribution in [3.05, 3.63) is 39.9 Å². The Morgan fingerprint density at radius 3 is 2.91 bits per heavy atom. The molecular weight excluding hydrogens is 289 g/mol. The number of hydrogen-bond acceptors (Lipinski definition) is 4. The first kappa shape index (κ1) is 14.5. The van der Waals surface area contributed by atoms with E-state index in [0.717, 1.165) is 18.7 Å². The van der Waals surface area contributed by atoms with Gasteiger partial charge in [-0.2, -0.15) is 0 Å². The largest absolute Gasteiger partial charge is 0.477 e. The third-order valence-electron chi connectivity index (χ3n) is 4.14. The quantitative estimate of drug-likeness (QED) is 0.790. The van der Waals surface area contributed by atoms with Crippen molar-refractivity contribution >= 4 is 22.6 Å². The highest BCUT2D eigenvalue weighted by molar-refractivity contribution is 5.93. The summed E-state index contributed by atoms with van der Waals surface area (Å²) < 4.78 is 14.3. The van der Waals surface area contributed by atoms with E-state index in [9.17, 15) is 14.0 Å². The van der Waals surface area contributed by atoms with Crippen molar-refractivity contribution in [1.29, 1.82) is 0 Å². The van der Waals surface area contributed by atoms with Crippen LogP contribution in [0.3, 0.4) is 0 Å². The second-order valence-electron chi connectivity index (χ2n) is 5.52. The number of nitrogens with two attached hydrogens (primary N) is 1. The van der Waals surface area contributed by atoms with Gasteiger partial charge in [-0.05, 0) is 31.0 Å². The first-order valence-corrected chi connectivity index (χ1v) is 7.04. The van der Waals surface area contributed by atoms with Crippen LogP contribution in [0.15, 0.2) is 23.1 Å². The number of rotatable bonds is 3. The average Bonchev–Trinajstić information content (AvgIpc) is 2.96. The number of anilines is 1. The number of hydrogen-bond donors (Lipinski definition) is 3. The zero-order valence-electron chi connectivity index (χ0n) is 11.8. The molecule has 1 aromatic carbocycles. The van der Waals surface area contributed by atoms with Gasteiger partial charge in [0.05, 0.1) is 11.2 Å². The Bertz CT molecular complexity index is 802.